The van der Waals surface area contributed by atoms with Gasteiger partial charge in [-0.1, -0.05) is 19.8 Å². The number of halogens is 2. The Kier molecular flexibility index (Phi) is 5.37. The van der Waals surface area contributed by atoms with E-state index in [1.54, 1.807) is 0 Å². The highest BCUT2D eigenvalue weighted by Gasteiger charge is 2.18. The predicted octanol–water partition coefficient (Wildman–Crippen LogP) is 2.23. The summed E-state index contributed by atoms with van der Waals surface area (Å²) >= 11 is 11.2. The first-order valence-electron chi connectivity index (χ1n) is 5.09. The maximum Gasteiger partial charge on any atom is 0.326 e. The van der Waals surface area contributed by atoms with Crippen molar-refractivity contribution in [2.75, 3.05) is 5.32 Å². The molecule has 17 heavy (non-hydrogen) atoms. The van der Waals surface area contributed by atoms with Crippen LogP contribution in [-0.4, -0.2) is 32.1 Å². The van der Waals surface area contributed by atoms with E-state index in [2.05, 4.69) is 20.3 Å². The predicted molar refractivity (Wildman–Crippen MR) is 64.4 cm³/mol. The van der Waals surface area contributed by atoms with E-state index in [-0.39, 0.29) is 16.5 Å². The Morgan fingerprint density at radius 1 is 1.35 bits per heavy atom. The summed E-state index contributed by atoms with van der Waals surface area (Å²) in [5.41, 5.74) is 0. The second-order valence-corrected chi connectivity index (χ2v) is 4.05. The highest BCUT2D eigenvalue weighted by molar-refractivity contribution is 6.31. The van der Waals surface area contributed by atoms with Crippen LogP contribution in [0.1, 0.15) is 26.2 Å². The quantitative estimate of drug-likeness (QED) is 0.830. The van der Waals surface area contributed by atoms with Crippen LogP contribution in [0.15, 0.2) is 0 Å². The Bertz CT molecular complexity index is 382. The van der Waals surface area contributed by atoms with Crippen molar-refractivity contribution in [3.63, 3.8) is 0 Å². The molecular formula is C9H12Cl2N4O2. The van der Waals surface area contributed by atoms with Crippen molar-refractivity contribution in [1.82, 2.24) is 15.0 Å². The summed E-state index contributed by atoms with van der Waals surface area (Å²) in [6.07, 6.45) is 2.17. The zero-order valence-electron chi connectivity index (χ0n) is 9.15. The molecule has 1 unspecified atom stereocenters. The molecule has 0 aliphatic rings. The molecule has 0 amide bonds. The van der Waals surface area contributed by atoms with Crippen molar-refractivity contribution >= 4 is 35.1 Å². The highest BCUT2D eigenvalue weighted by atomic mass is 35.5. The first kappa shape index (κ1) is 13.9. The van der Waals surface area contributed by atoms with Crippen LogP contribution in [0.3, 0.4) is 0 Å². The molecule has 1 atom stereocenters. The van der Waals surface area contributed by atoms with Crippen LogP contribution in [0.2, 0.25) is 10.6 Å². The van der Waals surface area contributed by atoms with E-state index < -0.39 is 12.0 Å². The summed E-state index contributed by atoms with van der Waals surface area (Å²) < 4.78 is 0. The molecule has 0 aliphatic heterocycles. The van der Waals surface area contributed by atoms with E-state index in [4.69, 9.17) is 28.3 Å². The van der Waals surface area contributed by atoms with Crippen LogP contribution >= 0.6 is 23.2 Å². The van der Waals surface area contributed by atoms with Gasteiger partial charge >= 0.3 is 5.97 Å². The zero-order valence-corrected chi connectivity index (χ0v) is 10.7. The number of hydrogen-bond donors (Lipinski definition) is 2. The molecule has 0 aromatic carbocycles. The van der Waals surface area contributed by atoms with Crippen LogP contribution in [0, 0.1) is 0 Å². The number of carboxylic acids is 1. The molecule has 0 spiro atoms. The molecule has 6 nitrogen and oxygen atoms in total. The molecule has 0 bridgehead atoms. The minimum Gasteiger partial charge on any atom is -0.480 e. The number of hydrogen-bond acceptors (Lipinski definition) is 5. The van der Waals surface area contributed by atoms with Crippen LogP contribution in [0.25, 0.3) is 0 Å². The smallest absolute Gasteiger partial charge is 0.326 e. The van der Waals surface area contributed by atoms with Gasteiger partial charge in [0.25, 0.3) is 0 Å². The number of carbonyl (C=O) groups is 1. The third-order valence-corrected chi connectivity index (χ3v) is 2.37. The third-order valence-electron chi connectivity index (χ3n) is 2.03. The fourth-order valence-electron chi connectivity index (χ4n) is 1.21. The molecule has 94 valence electrons. The Labute approximate surface area is 108 Å². The summed E-state index contributed by atoms with van der Waals surface area (Å²) in [7, 11) is 0. The Hall–Kier alpha value is -1.14. The molecule has 1 rings (SSSR count). The van der Waals surface area contributed by atoms with Crippen LogP contribution in [0.5, 0.6) is 0 Å². The van der Waals surface area contributed by atoms with Crippen molar-refractivity contribution in [1.29, 1.82) is 0 Å². The Balaban J connectivity index is 2.74. The van der Waals surface area contributed by atoms with Crippen molar-refractivity contribution in [3.8, 4) is 0 Å². The summed E-state index contributed by atoms with van der Waals surface area (Å²) in [5.74, 6) is -0.899. The lowest BCUT2D eigenvalue weighted by atomic mass is 10.1. The van der Waals surface area contributed by atoms with Crippen molar-refractivity contribution in [2.45, 2.75) is 32.2 Å². The minimum atomic E-state index is -0.967. The molecule has 0 saturated carbocycles. The SMILES string of the molecule is CCCCC(Nc1nc(Cl)nc(Cl)n1)C(=O)O. The zero-order chi connectivity index (χ0) is 12.8. The standard InChI is InChI=1S/C9H12Cl2N4O2/c1-2-3-4-5(6(16)17)12-9-14-7(10)13-8(11)15-9/h5H,2-4H2,1H3,(H,16,17)(H,12,13,14,15). The Morgan fingerprint density at radius 2 is 1.94 bits per heavy atom. The molecule has 1 heterocycles. The van der Waals surface area contributed by atoms with Gasteiger partial charge in [-0.2, -0.15) is 15.0 Å². The lowest BCUT2D eigenvalue weighted by Crippen LogP contribution is -2.30. The first-order valence-corrected chi connectivity index (χ1v) is 5.85. The number of anilines is 1. The number of aromatic nitrogens is 3. The number of aliphatic carboxylic acids is 1. The van der Waals surface area contributed by atoms with Gasteiger partial charge < -0.3 is 10.4 Å². The number of unbranched alkanes of at least 4 members (excludes halogenated alkanes) is 1. The topological polar surface area (TPSA) is 88.0 Å². The summed E-state index contributed by atoms with van der Waals surface area (Å²) in [6.45, 7) is 1.98. The molecule has 0 fully saturated rings. The van der Waals surface area contributed by atoms with E-state index in [0.29, 0.717) is 6.42 Å². The molecule has 0 aliphatic carbocycles. The second-order valence-electron chi connectivity index (χ2n) is 3.37. The summed E-state index contributed by atoms with van der Waals surface area (Å²) in [6, 6.07) is -0.760. The molecule has 2 N–H and O–H groups in total. The fourth-order valence-corrected chi connectivity index (χ4v) is 1.58. The van der Waals surface area contributed by atoms with E-state index >= 15 is 0 Å². The third kappa shape index (κ3) is 4.70. The van der Waals surface area contributed by atoms with Gasteiger partial charge in [0, 0.05) is 0 Å². The summed E-state index contributed by atoms with van der Waals surface area (Å²) in [4.78, 5) is 22.0. The normalized spacial score (nSPS) is 12.2. The van der Waals surface area contributed by atoms with Gasteiger partial charge in [-0.15, -0.1) is 0 Å². The van der Waals surface area contributed by atoms with Gasteiger partial charge in [0.2, 0.25) is 16.5 Å². The second kappa shape index (κ2) is 6.56. The van der Waals surface area contributed by atoms with E-state index in [0.717, 1.165) is 12.8 Å². The van der Waals surface area contributed by atoms with Crippen LogP contribution < -0.4 is 5.32 Å². The molecule has 0 radical (unpaired) electrons. The van der Waals surface area contributed by atoms with Crippen molar-refractivity contribution < 1.29 is 9.90 Å². The van der Waals surface area contributed by atoms with Crippen LogP contribution in [-0.2, 0) is 4.79 Å². The average molecular weight is 279 g/mol. The number of carboxylic acid groups (broad SMARTS) is 1. The number of nitrogens with one attached hydrogen (secondary N) is 1. The first-order chi connectivity index (χ1) is 8.02. The van der Waals surface area contributed by atoms with Gasteiger partial charge in [-0.05, 0) is 29.6 Å². The van der Waals surface area contributed by atoms with Crippen LogP contribution in [0.4, 0.5) is 5.95 Å². The summed E-state index contributed by atoms with van der Waals surface area (Å²) in [5, 5.41) is 11.5. The Morgan fingerprint density at radius 3 is 2.41 bits per heavy atom. The minimum absolute atomic E-state index is 0.0681. The maximum absolute atomic E-state index is 11.0. The lowest BCUT2D eigenvalue weighted by Gasteiger charge is -2.13. The van der Waals surface area contributed by atoms with Gasteiger partial charge in [-0.25, -0.2) is 4.79 Å². The lowest BCUT2D eigenvalue weighted by molar-refractivity contribution is -0.138. The molecule has 8 heteroatoms. The van der Waals surface area contributed by atoms with Gasteiger partial charge in [-0.3, -0.25) is 0 Å². The average Bonchev–Trinajstić information content (AvgIpc) is 2.22. The molecular weight excluding hydrogens is 267 g/mol. The van der Waals surface area contributed by atoms with E-state index in [9.17, 15) is 4.79 Å². The number of nitrogens with zero attached hydrogens (tertiary/aromatic N) is 3. The van der Waals surface area contributed by atoms with Gasteiger partial charge in [0.15, 0.2) is 0 Å². The molecule has 1 aromatic rings. The largest absolute Gasteiger partial charge is 0.480 e. The van der Waals surface area contributed by atoms with Crippen molar-refractivity contribution in [3.05, 3.63) is 10.6 Å². The van der Waals surface area contributed by atoms with E-state index in [1.807, 2.05) is 6.92 Å². The molecule has 1 aromatic heterocycles. The maximum atomic E-state index is 11.0. The van der Waals surface area contributed by atoms with Crippen molar-refractivity contribution in [2.24, 2.45) is 0 Å². The van der Waals surface area contributed by atoms with Gasteiger partial charge in [0.1, 0.15) is 6.04 Å². The molecule has 0 saturated heterocycles. The van der Waals surface area contributed by atoms with Gasteiger partial charge in [0.05, 0.1) is 0 Å². The number of rotatable bonds is 6. The fraction of sp³-hybridized carbons (Fsp3) is 0.556. The monoisotopic (exact) mass is 278 g/mol. The van der Waals surface area contributed by atoms with E-state index in [1.165, 1.54) is 0 Å². The highest BCUT2D eigenvalue weighted by Crippen LogP contribution is 2.12.